The smallest absolute Gasteiger partial charge is 0.407 e. The van der Waals surface area contributed by atoms with Crippen molar-refractivity contribution in [2.45, 2.75) is 84.6 Å². The van der Waals surface area contributed by atoms with Gasteiger partial charge in [0.25, 0.3) is 17.7 Å². The molecule has 224 valence electrons. The largest absolute Gasteiger partial charge is 0.458 e. The Morgan fingerprint density at radius 2 is 1.51 bits per heavy atom. The lowest BCUT2D eigenvalue weighted by Gasteiger charge is -2.25. The van der Waals surface area contributed by atoms with Gasteiger partial charge in [0.1, 0.15) is 17.2 Å². The first-order valence-corrected chi connectivity index (χ1v) is 13.4. The quantitative estimate of drug-likeness (QED) is 0.195. The summed E-state index contributed by atoms with van der Waals surface area (Å²) >= 11 is 0. The normalized spacial score (nSPS) is 14.0. The van der Waals surface area contributed by atoms with Gasteiger partial charge in [-0.25, -0.2) is 9.59 Å². The number of carbonyl (C=O) groups is 6. The third-order valence-corrected chi connectivity index (χ3v) is 5.49. The lowest BCUT2D eigenvalue weighted by molar-refractivity contribution is -0.159. The fraction of sp³-hybridized carbons (Fsp3) is 0.517. The molecule has 1 aromatic rings. The van der Waals surface area contributed by atoms with Gasteiger partial charge >= 0.3 is 12.1 Å². The van der Waals surface area contributed by atoms with E-state index in [-0.39, 0.29) is 43.4 Å². The number of hydrogen-bond donors (Lipinski definition) is 3. The molecule has 5 amide bonds. The molecule has 0 spiro atoms. The summed E-state index contributed by atoms with van der Waals surface area (Å²) in [6.07, 6.45) is 2.90. The summed E-state index contributed by atoms with van der Waals surface area (Å²) in [7, 11) is 0. The second kappa shape index (κ2) is 14.4. The molecule has 0 unspecified atom stereocenters. The molecule has 1 atom stereocenters. The summed E-state index contributed by atoms with van der Waals surface area (Å²) in [6, 6.07) is 5.56. The highest BCUT2D eigenvalue weighted by atomic mass is 16.6. The van der Waals surface area contributed by atoms with Crippen molar-refractivity contribution in [1.29, 1.82) is 0 Å². The number of nitrogens with zero attached hydrogens (tertiary/aromatic N) is 1. The first-order chi connectivity index (χ1) is 19.0. The van der Waals surface area contributed by atoms with E-state index in [1.54, 1.807) is 65.8 Å². The number of amides is 5. The number of alkyl carbamates (subject to hydrolysis) is 1. The van der Waals surface area contributed by atoms with Crippen LogP contribution >= 0.6 is 0 Å². The third kappa shape index (κ3) is 12.2. The Morgan fingerprint density at radius 3 is 2.12 bits per heavy atom. The molecule has 3 N–H and O–H groups in total. The minimum atomic E-state index is -0.982. The van der Waals surface area contributed by atoms with Crippen LogP contribution in [0.1, 0.15) is 76.7 Å². The van der Waals surface area contributed by atoms with Crippen LogP contribution in [0.3, 0.4) is 0 Å². The zero-order valence-electron chi connectivity index (χ0n) is 24.5. The molecule has 0 saturated heterocycles. The number of ether oxygens (including phenoxy) is 2. The molecular weight excluding hydrogens is 532 g/mol. The summed E-state index contributed by atoms with van der Waals surface area (Å²) in [6.45, 7) is 10.3. The van der Waals surface area contributed by atoms with Crippen LogP contribution < -0.4 is 16.0 Å². The Balaban J connectivity index is 1.89. The van der Waals surface area contributed by atoms with Crippen LogP contribution in [0.25, 0.3) is 0 Å². The summed E-state index contributed by atoms with van der Waals surface area (Å²) in [5.74, 6) is -2.50. The zero-order valence-corrected chi connectivity index (χ0v) is 24.5. The molecular formula is C29H40N4O8. The number of hydrogen-bond acceptors (Lipinski definition) is 8. The highest BCUT2D eigenvalue weighted by molar-refractivity contribution is 6.12. The Morgan fingerprint density at radius 1 is 0.878 bits per heavy atom. The van der Waals surface area contributed by atoms with E-state index in [1.165, 1.54) is 12.2 Å². The van der Waals surface area contributed by atoms with Crippen LogP contribution in [0.5, 0.6) is 0 Å². The molecule has 0 aliphatic carbocycles. The molecule has 0 radical (unpaired) electrons. The molecule has 1 heterocycles. The predicted octanol–water partition coefficient (Wildman–Crippen LogP) is 2.36. The van der Waals surface area contributed by atoms with E-state index in [0.29, 0.717) is 18.4 Å². The van der Waals surface area contributed by atoms with Crippen molar-refractivity contribution < 1.29 is 38.2 Å². The molecule has 0 bridgehead atoms. The Bertz CT molecular complexity index is 1160. The average molecular weight is 573 g/mol. The van der Waals surface area contributed by atoms with Crippen LogP contribution in [-0.2, 0) is 35.2 Å². The fourth-order valence-corrected chi connectivity index (χ4v) is 3.71. The van der Waals surface area contributed by atoms with Crippen molar-refractivity contribution in [1.82, 2.24) is 20.9 Å². The van der Waals surface area contributed by atoms with Gasteiger partial charge in [-0.15, -0.1) is 0 Å². The maximum absolute atomic E-state index is 12.7. The molecule has 2 rings (SSSR count). The Labute approximate surface area is 240 Å². The number of benzene rings is 1. The van der Waals surface area contributed by atoms with Gasteiger partial charge in [0.2, 0.25) is 5.91 Å². The molecule has 12 heteroatoms. The van der Waals surface area contributed by atoms with Crippen LogP contribution in [0.15, 0.2) is 36.4 Å². The predicted molar refractivity (Wildman–Crippen MR) is 149 cm³/mol. The van der Waals surface area contributed by atoms with E-state index in [0.717, 1.165) is 4.90 Å². The van der Waals surface area contributed by atoms with Crippen LogP contribution in [0.4, 0.5) is 4.79 Å². The van der Waals surface area contributed by atoms with Gasteiger partial charge in [-0.05, 0) is 78.5 Å². The molecule has 1 aromatic carbocycles. The van der Waals surface area contributed by atoms with E-state index in [2.05, 4.69) is 16.0 Å². The third-order valence-electron chi connectivity index (χ3n) is 5.49. The first kappa shape index (κ1) is 33.0. The van der Waals surface area contributed by atoms with E-state index >= 15 is 0 Å². The van der Waals surface area contributed by atoms with Crippen LogP contribution in [-0.4, -0.2) is 70.9 Å². The SMILES string of the molecule is CC(C)(C)OC(=O)NCc1cccc(C(=O)NCC(=O)N[C@@H](CCCCN2C(=O)C=CC2=O)C(=O)OC(C)(C)C)c1. The molecule has 12 nitrogen and oxygen atoms in total. The minimum Gasteiger partial charge on any atom is -0.458 e. The standard InChI is InChI=1S/C29H40N4O8/c1-28(2,3)40-26(38)21(12-7-8-15-33-23(35)13-14-24(33)36)32-22(34)18-30-25(37)20-11-9-10-19(16-20)17-31-27(39)41-29(4,5)6/h9-11,13-14,16,21H,7-8,12,15,17-18H2,1-6H3,(H,30,37)(H,31,39)(H,32,34)/t21-/m0/s1. The van der Waals surface area contributed by atoms with Crippen molar-refractivity contribution >= 4 is 35.7 Å². The van der Waals surface area contributed by atoms with Crippen molar-refractivity contribution in [3.8, 4) is 0 Å². The topological polar surface area (TPSA) is 160 Å². The Kier molecular flexibility index (Phi) is 11.6. The van der Waals surface area contributed by atoms with Gasteiger partial charge in [0.05, 0.1) is 6.54 Å². The molecule has 1 aliphatic rings. The summed E-state index contributed by atoms with van der Waals surface area (Å²) in [4.78, 5) is 74.5. The van der Waals surface area contributed by atoms with Crippen LogP contribution in [0.2, 0.25) is 0 Å². The summed E-state index contributed by atoms with van der Waals surface area (Å²) < 4.78 is 10.6. The van der Waals surface area contributed by atoms with Gasteiger partial charge in [-0.2, -0.15) is 0 Å². The maximum Gasteiger partial charge on any atom is 0.407 e. The van der Waals surface area contributed by atoms with Crippen molar-refractivity contribution in [3.05, 3.63) is 47.5 Å². The van der Waals surface area contributed by atoms with Crippen molar-refractivity contribution in [2.75, 3.05) is 13.1 Å². The van der Waals surface area contributed by atoms with Gasteiger partial charge in [-0.3, -0.25) is 24.1 Å². The molecule has 0 aromatic heterocycles. The van der Waals surface area contributed by atoms with E-state index in [9.17, 15) is 28.8 Å². The molecule has 41 heavy (non-hydrogen) atoms. The fourth-order valence-electron chi connectivity index (χ4n) is 3.71. The summed E-state index contributed by atoms with van der Waals surface area (Å²) in [5.41, 5.74) is -0.477. The number of imide groups is 1. The highest BCUT2D eigenvalue weighted by Crippen LogP contribution is 2.13. The molecule has 0 fully saturated rings. The number of nitrogens with one attached hydrogen (secondary N) is 3. The first-order valence-electron chi connectivity index (χ1n) is 13.4. The van der Waals surface area contributed by atoms with E-state index in [1.807, 2.05) is 0 Å². The van der Waals surface area contributed by atoms with Gasteiger partial charge in [0, 0.05) is 30.8 Å². The Hall–Kier alpha value is -4.22. The van der Waals surface area contributed by atoms with Crippen molar-refractivity contribution in [2.24, 2.45) is 0 Å². The zero-order chi connectivity index (χ0) is 30.8. The average Bonchev–Trinajstić information content (AvgIpc) is 3.18. The lowest BCUT2D eigenvalue weighted by atomic mass is 10.1. The van der Waals surface area contributed by atoms with Crippen molar-refractivity contribution in [3.63, 3.8) is 0 Å². The number of unbranched alkanes of at least 4 members (excludes halogenated alkanes) is 1. The van der Waals surface area contributed by atoms with Gasteiger partial charge in [0.15, 0.2) is 0 Å². The number of esters is 1. The minimum absolute atomic E-state index is 0.144. The highest BCUT2D eigenvalue weighted by Gasteiger charge is 2.27. The molecule has 1 aliphatic heterocycles. The second-order valence-corrected chi connectivity index (χ2v) is 11.5. The summed E-state index contributed by atoms with van der Waals surface area (Å²) in [5, 5.41) is 7.75. The maximum atomic E-state index is 12.7. The van der Waals surface area contributed by atoms with E-state index in [4.69, 9.17) is 9.47 Å². The van der Waals surface area contributed by atoms with Gasteiger partial charge in [-0.1, -0.05) is 12.1 Å². The van der Waals surface area contributed by atoms with Gasteiger partial charge < -0.3 is 25.4 Å². The van der Waals surface area contributed by atoms with E-state index < -0.39 is 41.1 Å². The second-order valence-electron chi connectivity index (χ2n) is 11.5. The monoisotopic (exact) mass is 572 g/mol. The lowest BCUT2D eigenvalue weighted by Crippen LogP contribution is -2.47. The number of carbonyl (C=O) groups excluding carboxylic acids is 6. The number of rotatable bonds is 12. The van der Waals surface area contributed by atoms with Crippen LogP contribution in [0, 0.1) is 0 Å². The molecule has 0 saturated carbocycles.